The van der Waals surface area contributed by atoms with E-state index >= 15 is 0 Å². The average Bonchev–Trinajstić information content (AvgIpc) is 3.02. The van der Waals surface area contributed by atoms with Gasteiger partial charge in [-0.05, 0) is 30.7 Å². The monoisotopic (exact) mass is 310 g/mol. The zero-order valence-corrected chi connectivity index (χ0v) is 12.2. The number of carbonyl (C=O) groups is 1. The molecular formula is C16H14N4O3. The van der Waals surface area contributed by atoms with Gasteiger partial charge in [-0.25, -0.2) is 14.8 Å². The van der Waals surface area contributed by atoms with Crippen molar-refractivity contribution in [2.24, 2.45) is 0 Å². The maximum absolute atomic E-state index is 11.1. The highest BCUT2D eigenvalue weighted by Crippen LogP contribution is 2.29. The van der Waals surface area contributed by atoms with Gasteiger partial charge in [-0.3, -0.25) is 0 Å². The first kappa shape index (κ1) is 13.6. The van der Waals surface area contributed by atoms with Crippen LogP contribution in [0.2, 0.25) is 0 Å². The van der Waals surface area contributed by atoms with Crippen molar-refractivity contribution >= 4 is 17.0 Å². The van der Waals surface area contributed by atoms with Crippen LogP contribution in [0.5, 0.6) is 11.6 Å². The van der Waals surface area contributed by atoms with E-state index in [-0.39, 0.29) is 6.54 Å². The normalized spacial score (nSPS) is 13.8. The standard InChI is InChI=1S/C16H14N4O3/c21-16(22)20-6-4-12-14(8-20)18-9-19-15(12)23-11-1-2-13-10(7-11)3-5-17-13/h1-3,5,7,9,17H,4,6,8H2,(H,21,22). The number of aromatic amines is 1. The predicted octanol–water partition coefficient (Wildman–Crippen LogP) is 2.79. The van der Waals surface area contributed by atoms with Crippen molar-refractivity contribution in [1.82, 2.24) is 19.9 Å². The van der Waals surface area contributed by atoms with Crippen LogP contribution in [0.1, 0.15) is 11.3 Å². The average molecular weight is 310 g/mol. The molecule has 7 nitrogen and oxygen atoms in total. The van der Waals surface area contributed by atoms with Crippen LogP contribution in [0.3, 0.4) is 0 Å². The number of nitrogens with one attached hydrogen (secondary N) is 1. The number of hydrogen-bond acceptors (Lipinski definition) is 4. The van der Waals surface area contributed by atoms with Crippen molar-refractivity contribution in [2.45, 2.75) is 13.0 Å². The molecule has 1 aromatic carbocycles. The Hall–Kier alpha value is -3.09. The molecule has 0 unspecified atom stereocenters. The summed E-state index contributed by atoms with van der Waals surface area (Å²) in [6, 6.07) is 7.74. The van der Waals surface area contributed by atoms with E-state index in [2.05, 4.69) is 15.0 Å². The molecule has 116 valence electrons. The first-order valence-corrected chi connectivity index (χ1v) is 7.26. The van der Waals surface area contributed by atoms with Gasteiger partial charge in [-0.2, -0.15) is 0 Å². The Bertz CT molecular complexity index is 890. The first-order chi connectivity index (χ1) is 11.2. The lowest BCUT2D eigenvalue weighted by Gasteiger charge is -2.26. The summed E-state index contributed by atoms with van der Waals surface area (Å²) in [5, 5.41) is 10.2. The number of hydrogen-bond donors (Lipinski definition) is 2. The van der Waals surface area contributed by atoms with Gasteiger partial charge in [0.05, 0.1) is 12.2 Å². The molecule has 0 saturated carbocycles. The summed E-state index contributed by atoms with van der Waals surface area (Å²) in [6.45, 7) is 0.684. The molecule has 0 radical (unpaired) electrons. The Balaban J connectivity index is 1.65. The zero-order chi connectivity index (χ0) is 15.8. The lowest BCUT2D eigenvalue weighted by atomic mass is 10.1. The first-order valence-electron chi connectivity index (χ1n) is 7.26. The molecule has 1 aliphatic rings. The molecule has 0 saturated heterocycles. The Labute approximate surface area is 131 Å². The second-order valence-electron chi connectivity index (χ2n) is 5.39. The van der Waals surface area contributed by atoms with E-state index in [1.165, 1.54) is 11.2 Å². The highest BCUT2D eigenvalue weighted by atomic mass is 16.5. The zero-order valence-electron chi connectivity index (χ0n) is 12.2. The van der Waals surface area contributed by atoms with Gasteiger partial charge < -0.3 is 19.7 Å². The fourth-order valence-electron chi connectivity index (χ4n) is 2.78. The summed E-state index contributed by atoms with van der Waals surface area (Å²) in [7, 11) is 0. The van der Waals surface area contributed by atoms with E-state index in [0.29, 0.717) is 30.3 Å². The van der Waals surface area contributed by atoms with Gasteiger partial charge in [0.1, 0.15) is 12.1 Å². The molecule has 2 N–H and O–H groups in total. The van der Waals surface area contributed by atoms with Crippen molar-refractivity contribution in [3.05, 3.63) is 48.0 Å². The third kappa shape index (κ3) is 2.46. The fourth-order valence-corrected chi connectivity index (χ4v) is 2.78. The molecule has 0 fully saturated rings. The van der Waals surface area contributed by atoms with E-state index in [0.717, 1.165) is 16.5 Å². The SMILES string of the molecule is O=C(O)N1CCc2c(ncnc2Oc2ccc3[nH]ccc3c2)C1. The lowest BCUT2D eigenvalue weighted by Crippen LogP contribution is -2.35. The molecule has 0 bridgehead atoms. The molecule has 4 rings (SSSR count). The Morgan fingerprint density at radius 1 is 1.30 bits per heavy atom. The summed E-state index contributed by atoms with van der Waals surface area (Å²) in [4.78, 5) is 24.0. The van der Waals surface area contributed by atoms with Crippen LogP contribution in [0.25, 0.3) is 10.9 Å². The minimum atomic E-state index is -0.936. The molecule has 3 aromatic rings. The Morgan fingerprint density at radius 2 is 2.22 bits per heavy atom. The fraction of sp³-hybridized carbons (Fsp3) is 0.188. The van der Waals surface area contributed by atoms with Crippen LogP contribution < -0.4 is 4.74 Å². The molecule has 0 atom stereocenters. The van der Waals surface area contributed by atoms with E-state index in [1.54, 1.807) is 0 Å². The maximum Gasteiger partial charge on any atom is 0.407 e. The molecule has 1 aliphatic heterocycles. The maximum atomic E-state index is 11.1. The largest absolute Gasteiger partial charge is 0.465 e. The summed E-state index contributed by atoms with van der Waals surface area (Å²) >= 11 is 0. The van der Waals surface area contributed by atoms with Gasteiger partial charge in [0, 0.05) is 29.2 Å². The number of rotatable bonds is 2. The predicted molar refractivity (Wildman–Crippen MR) is 82.5 cm³/mol. The van der Waals surface area contributed by atoms with Gasteiger partial charge in [-0.1, -0.05) is 0 Å². The number of fused-ring (bicyclic) bond motifs is 2. The van der Waals surface area contributed by atoms with Gasteiger partial charge in [0.15, 0.2) is 0 Å². The van der Waals surface area contributed by atoms with E-state index in [1.807, 2.05) is 30.5 Å². The van der Waals surface area contributed by atoms with Crippen LogP contribution in [0, 0.1) is 0 Å². The third-order valence-electron chi connectivity index (χ3n) is 3.98. The van der Waals surface area contributed by atoms with Crippen LogP contribution in [-0.4, -0.2) is 37.6 Å². The van der Waals surface area contributed by atoms with Crippen LogP contribution in [0.15, 0.2) is 36.8 Å². The van der Waals surface area contributed by atoms with Gasteiger partial charge in [0.25, 0.3) is 0 Å². The molecule has 1 amide bonds. The number of aromatic nitrogens is 3. The molecule has 2 aromatic heterocycles. The number of benzene rings is 1. The lowest BCUT2D eigenvalue weighted by molar-refractivity contribution is 0.138. The Kier molecular flexibility index (Phi) is 3.11. The molecule has 3 heterocycles. The molecule has 0 aliphatic carbocycles. The van der Waals surface area contributed by atoms with Crippen molar-refractivity contribution in [3.63, 3.8) is 0 Å². The van der Waals surface area contributed by atoms with E-state index in [4.69, 9.17) is 9.84 Å². The molecular weight excluding hydrogens is 296 g/mol. The summed E-state index contributed by atoms with van der Waals surface area (Å²) in [5.41, 5.74) is 2.62. The molecule has 0 spiro atoms. The number of nitrogens with zero attached hydrogens (tertiary/aromatic N) is 3. The van der Waals surface area contributed by atoms with E-state index in [9.17, 15) is 4.79 Å². The number of carboxylic acid groups (broad SMARTS) is 1. The van der Waals surface area contributed by atoms with Gasteiger partial charge in [0.2, 0.25) is 5.88 Å². The second-order valence-corrected chi connectivity index (χ2v) is 5.39. The molecule has 7 heteroatoms. The summed E-state index contributed by atoms with van der Waals surface area (Å²) in [6.07, 6.45) is 2.90. The quantitative estimate of drug-likeness (QED) is 0.759. The molecule has 23 heavy (non-hydrogen) atoms. The van der Waals surface area contributed by atoms with E-state index < -0.39 is 6.09 Å². The van der Waals surface area contributed by atoms with Crippen molar-refractivity contribution < 1.29 is 14.6 Å². The van der Waals surface area contributed by atoms with Crippen molar-refractivity contribution in [2.75, 3.05) is 6.54 Å². The van der Waals surface area contributed by atoms with Crippen molar-refractivity contribution in [1.29, 1.82) is 0 Å². The third-order valence-corrected chi connectivity index (χ3v) is 3.98. The number of amides is 1. The second kappa shape index (κ2) is 5.28. The number of ether oxygens (including phenoxy) is 1. The smallest absolute Gasteiger partial charge is 0.407 e. The Morgan fingerprint density at radius 3 is 3.09 bits per heavy atom. The highest BCUT2D eigenvalue weighted by molar-refractivity contribution is 5.80. The highest BCUT2D eigenvalue weighted by Gasteiger charge is 2.24. The van der Waals surface area contributed by atoms with Crippen LogP contribution >= 0.6 is 0 Å². The topological polar surface area (TPSA) is 91.3 Å². The van der Waals surface area contributed by atoms with Gasteiger partial charge >= 0.3 is 6.09 Å². The minimum Gasteiger partial charge on any atom is -0.465 e. The van der Waals surface area contributed by atoms with Crippen molar-refractivity contribution in [3.8, 4) is 11.6 Å². The minimum absolute atomic E-state index is 0.264. The van der Waals surface area contributed by atoms with Crippen LogP contribution in [-0.2, 0) is 13.0 Å². The summed E-state index contributed by atoms with van der Waals surface area (Å²) in [5.74, 6) is 1.19. The summed E-state index contributed by atoms with van der Waals surface area (Å²) < 4.78 is 5.92. The number of H-pyrrole nitrogens is 1. The van der Waals surface area contributed by atoms with Gasteiger partial charge in [-0.15, -0.1) is 0 Å². The van der Waals surface area contributed by atoms with Crippen LogP contribution in [0.4, 0.5) is 4.79 Å².